The minimum atomic E-state index is -1.01. The first-order chi connectivity index (χ1) is 7.79. The fourth-order valence-electron chi connectivity index (χ4n) is 1.29. The summed E-state index contributed by atoms with van der Waals surface area (Å²) in [6, 6.07) is -0.874. The minimum Gasteiger partial charge on any atom is -0.480 e. The van der Waals surface area contributed by atoms with Crippen LogP contribution in [0.5, 0.6) is 0 Å². The second kappa shape index (κ2) is 7.27. The fraction of sp³-hybridized carbons (Fsp3) is 0.833. The van der Waals surface area contributed by atoms with Gasteiger partial charge in [0.1, 0.15) is 6.04 Å². The van der Waals surface area contributed by atoms with Crippen LogP contribution in [-0.2, 0) is 14.3 Å². The molecule has 0 aliphatic carbocycles. The molecule has 0 bridgehead atoms. The lowest BCUT2D eigenvalue weighted by Gasteiger charge is -2.27. The highest BCUT2D eigenvalue weighted by molar-refractivity contribution is 5.84. The number of carbonyl (C=O) groups is 2. The van der Waals surface area contributed by atoms with Crippen molar-refractivity contribution in [2.24, 2.45) is 5.41 Å². The number of rotatable bonds is 7. The number of carbonyl (C=O) groups excluding carboxylic acids is 1. The maximum Gasteiger partial charge on any atom is 0.326 e. The van der Waals surface area contributed by atoms with Gasteiger partial charge in [0.25, 0.3) is 0 Å². The van der Waals surface area contributed by atoms with Gasteiger partial charge in [-0.3, -0.25) is 4.79 Å². The van der Waals surface area contributed by atoms with Crippen LogP contribution < -0.4 is 5.32 Å². The van der Waals surface area contributed by atoms with Crippen LogP contribution in [0.2, 0.25) is 0 Å². The molecule has 100 valence electrons. The Kier molecular flexibility index (Phi) is 6.80. The molecule has 17 heavy (non-hydrogen) atoms. The van der Waals surface area contributed by atoms with Crippen LogP contribution in [0.4, 0.5) is 0 Å². The molecule has 0 aliphatic rings. The second-order valence-electron chi connectivity index (χ2n) is 5.07. The van der Waals surface area contributed by atoms with E-state index in [0.29, 0.717) is 13.2 Å². The smallest absolute Gasteiger partial charge is 0.326 e. The second-order valence-corrected chi connectivity index (χ2v) is 5.07. The lowest BCUT2D eigenvalue weighted by molar-refractivity contribution is -0.145. The van der Waals surface area contributed by atoms with Gasteiger partial charge in [-0.05, 0) is 11.8 Å². The Morgan fingerprint density at radius 2 is 1.88 bits per heavy atom. The number of hydrogen-bond donors (Lipinski definition) is 2. The topological polar surface area (TPSA) is 75.6 Å². The molecular weight excluding hydrogens is 222 g/mol. The van der Waals surface area contributed by atoms with Gasteiger partial charge in [0.2, 0.25) is 5.91 Å². The van der Waals surface area contributed by atoms with E-state index in [1.807, 2.05) is 6.92 Å². The van der Waals surface area contributed by atoms with Crippen LogP contribution >= 0.6 is 0 Å². The first kappa shape index (κ1) is 15.9. The van der Waals surface area contributed by atoms with E-state index in [9.17, 15) is 9.59 Å². The van der Waals surface area contributed by atoms with Crippen LogP contribution in [-0.4, -0.2) is 36.2 Å². The van der Waals surface area contributed by atoms with Crippen molar-refractivity contribution in [2.75, 3.05) is 13.2 Å². The van der Waals surface area contributed by atoms with E-state index in [0.717, 1.165) is 6.42 Å². The summed E-state index contributed by atoms with van der Waals surface area (Å²) in [5, 5.41) is 11.5. The molecule has 0 aromatic heterocycles. The highest BCUT2D eigenvalue weighted by atomic mass is 16.5. The first-order valence-corrected chi connectivity index (χ1v) is 5.89. The summed E-state index contributed by atoms with van der Waals surface area (Å²) in [4.78, 5) is 22.5. The molecule has 0 heterocycles. The van der Waals surface area contributed by atoms with Crippen LogP contribution in [0.3, 0.4) is 0 Å². The lowest BCUT2D eigenvalue weighted by atomic mass is 9.86. The van der Waals surface area contributed by atoms with Crippen LogP contribution in [0.1, 0.15) is 40.5 Å². The number of hydrogen-bond acceptors (Lipinski definition) is 3. The third-order valence-corrected chi connectivity index (χ3v) is 2.24. The molecule has 0 radical (unpaired) electrons. The van der Waals surface area contributed by atoms with Crippen molar-refractivity contribution >= 4 is 11.9 Å². The molecule has 0 aromatic carbocycles. The van der Waals surface area contributed by atoms with Gasteiger partial charge in [-0.25, -0.2) is 4.79 Å². The molecule has 0 unspecified atom stereocenters. The molecule has 0 fully saturated rings. The first-order valence-electron chi connectivity index (χ1n) is 5.89. The van der Waals surface area contributed by atoms with Gasteiger partial charge in [0, 0.05) is 13.0 Å². The molecule has 0 saturated carbocycles. The van der Waals surface area contributed by atoms with Crippen LogP contribution in [0.25, 0.3) is 0 Å². The summed E-state index contributed by atoms with van der Waals surface area (Å²) >= 11 is 0. The Balaban J connectivity index is 4.11. The predicted octanol–water partition coefficient (Wildman–Crippen LogP) is 1.42. The minimum absolute atomic E-state index is 0.194. The van der Waals surface area contributed by atoms with Crippen molar-refractivity contribution in [3.8, 4) is 0 Å². The van der Waals surface area contributed by atoms with Crippen molar-refractivity contribution in [3.05, 3.63) is 0 Å². The van der Waals surface area contributed by atoms with E-state index < -0.39 is 17.4 Å². The van der Waals surface area contributed by atoms with E-state index in [1.54, 1.807) is 20.8 Å². The highest BCUT2D eigenvalue weighted by Crippen LogP contribution is 2.19. The van der Waals surface area contributed by atoms with Gasteiger partial charge in [0.15, 0.2) is 0 Å². The number of carboxylic acid groups (broad SMARTS) is 1. The van der Waals surface area contributed by atoms with Crippen molar-refractivity contribution < 1.29 is 19.4 Å². The van der Waals surface area contributed by atoms with Crippen LogP contribution in [0.15, 0.2) is 0 Å². The SMILES string of the molecule is CCCOCCC(=O)N[C@H](C(=O)O)C(C)(C)C. The van der Waals surface area contributed by atoms with Gasteiger partial charge in [0.05, 0.1) is 6.61 Å². The number of aliphatic carboxylic acids is 1. The maximum absolute atomic E-state index is 11.5. The van der Waals surface area contributed by atoms with E-state index >= 15 is 0 Å². The Labute approximate surface area is 103 Å². The molecule has 1 amide bonds. The lowest BCUT2D eigenvalue weighted by Crippen LogP contribution is -2.49. The molecule has 0 rings (SSSR count). The van der Waals surface area contributed by atoms with E-state index in [-0.39, 0.29) is 12.3 Å². The van der Waals surface area contributed by atoms with E-state index in [4.69, 9.17) is 9.84 Å². The highest BCUT2D eigenvalue weighted by Gasteiger charge is 2.32. The Hall–Kier alpha value is -1.10. The molecule has 0 aliphatic heterocycles. The zero-order valence-electron chi connectivity index (χ0n) is 11.1. The van der Waals surface area contributed by atoms with E-state index in [1.165, 1.54) is 0 Å². The number of amides is 1. The van der Waals surface area contributed by atoms with Gasteiger partial charge in [-0.15, -0.1) is 0 Å². The van der Waals surface area contributed by atoms with Crippen molar-refractivity contribution in [1.29, 1.82) is 0 Å². The average Bonchev–Trinajstić information content (AvgIpc) is 2.19. The quantitative estimate of drug-likeness (QED) is 0.665. The fourth-order valence-corrected chi connectivity index (χ4v) is 1.29. The van der Waals surface area contributed by atoms with Crippen molar-refractivity contribution in [2.45, 2.75) is 46.6 Å². The predicted molar refractivity (Wildman–Crippen MR) is 64.7 cm³/mol. The molecular formula is C12H23NO4. The Morgan fingerprint density at radius 3 is 2.29 bits per heavy atom. The standard InChI is InChI=1S/C12H23NO4/c1-5-7-17-8-6-9(14)13-10(11(15)16)12(2,3)4/h10H,5-8H2,1-4H3,(H,13,14)(H,15,16)/t10-/m1/s1. The maximum atomic E-state index is 11.5. The van der Waals surface area contributed by atoms with Gasteiger partial charge in [-0.2, -0.15) is 0 Å². The molecule has 1 atom stereocenters. The Bertz CT molecular complexity index is 258. The van der Waals surface area contributed by atoms with E-state index in [2.05, 4.69) is 5.32 Å². The van der Waals surface area contributed by atoms with Gasteiger partial charge >= 0.3 is 5.97 Å². The zero-order valence-corrected chi connectivity index (χ0v) is 11.1. The number of carboxylic acids is 1. The van der Waals surface area contributed by atoms with Crippen molar-refractivity contribution in [3.63, 3.8) is 0 Å². The zero-order chi connectivity index (χ0) is 13.5. The monoisotopic (exact) mass is 245 g/mol. The molecule has 2 N–H and O–H groups in total. The summed E-state index contributed by atoms with van der Waals surface area (Å²) in [6.07, 6.45) is 1.10. The van der Waals surface area contributed by atoms with Crippen LogP contribution in [0, 0.1) is 5.41 Å². The molecule has 0 aromatic rings. The molecule has 0 saturated heterocycles. The Morgan fingerprint density at radius 1 is 1.29 bits per heavy atom. The van der Waals surface area contributed by atoms with Crippen molar-refractivity contribution in [1.82, 2.24) is 5.32 Å². The van der Waals surface area contributed by atoms with Gasteiger partial charge < -0.3 is 15.2 Å². The largest absolute Gasteiger partial charge is 0.480 e. The average molecular weight is 245 g/mol. The van der Waals surface area contributed by atoms with Gasteiger partial charge in [-0.1, -0.05) is 27.7 Å². The number of nitrogens with one attached hydrogen (secondary N) is 1. The summed E-state index contributed by atoms with van der Waals surface area (Å²) in [7, 11) is 0. The third kappa shape index (κ3) is 6.94. The third-order valence-electron chi connectivity index (χ3n) is 2.24. The normalized spacial score (nSPS) is 13.2. The number of ether oxygens (including phenoxy) is 1. The molecule has 5 nitrogen and oxygen atoms in total. The molecule has 0 spiro atoms. The summed E-state index contributed by atoms with van der Waals surface area (Å²) in [5.74, 6) is -1.30. The molecule has 5 heteroatoms. The summed E-state index contributed by atoms with van der Waals surface area (Å²) in [6.45, 7) is 8.27. The summed E-state index contributed by atoms with van der Waals surface area (Å²) in [5.41, 5.74) is -0.508. The summed E-state index contributed by atoms with van der Waals surface area (Å²) < 4.78 is 5.17.